The number of hydrogen-bond donors (Lipinski definition) is 2. The van der Waals surface area contributed by atoms with Crippen LogP contribution in [0.2, 0.25) is 0 Å². The summed E-state index contributed by atoms with van der Waals surface area (Å²) in [6, 6.07) is 1.51. The van der Waals surface area contributed by atoms with E-state index in [4.69, 9.17) is 5.73 Å². The van der Waals surface area contributed by atoms with Crippen molar-refractivity contribution in [3.8, 4) is 0 Å². The maximum atomic E-state index is 11.7. The Hall–Kier alpha value is -1.07. The Bertz CT molecular complexity index is 371. The van der Waals surface area contributed by atoms with Crippen LogP contribution in [0.3, 0.4) is 0 Å². The van der Waals surface area contributed by atoms with E-state index in [1.54, 1.807) is 24.2 Å². The molecule has 0 saturated heterocycles. The third kappa shape index (κ3) is 4.75. The first-order valence-electron chi connectivity index (χ1n) is 5.57. The van der Waals surface area contributed by atoms with E-state index in [0.717, 1.165) is 16.9 Å². The second-order valence-electron chi connectivity index (χ2n) is 3.91. The molecule has 0 spiro atoms. The Balaban J connectivity index is 2.40. The first-order valence-corrected chi connectivity index (χ1v) is 6.96. The van der Waals surface area contributed by atoms with Crippen LogP contribution in [-0.4, -0.2) is 28.9 Å². The van der Waals surface area contributed by atoms with Crippen LogP contribution in [0.25, 0.3) is 0 Å². The molecule has 3 N–H and O–H groups in total. The largest absolute Gasteiger partial charge is 0.351 e. The summed E-state index contributed by atoms with van der Waals surface area (Å²) in [6.07, 6.45) is 6.22. The van der Waals surface area contributed by atoms with Gasteiger partial charge in [-0.15, -0.1) is 0 Å². The Morgan fingerprint density at radius 1 is 1.65 bits per heavy atom. The molecule has 1 aromatic rings. The van der Waals surface area contributed by atoms with Gasteiger partial charge in [0.2, 0.25) is 5.91 Å². The lowest BCUT2D eigenvalue weighted by Gasteiger charge is -2.12. The van der Waals surface area contributed by atoms with Gasteiger partial charge in [0.15, 0.2) is 0 Å². The van der Waals surface area contributed by atoms with Crippen LogP contribution < -0.4 is 11.1 Å². The highest BCUT2D eigenvalue weighted by Gasteiger charge is 2.12. The highest BCUT2D eigenvalue weighted by Crippen LogP contribution is 2.04. The zero-order chi connectivity index (χ0) is 12.7. The van der Waals surface area contributed by atoms with Crippen molar-refractivity contribution in [3.63, 3.8) is 0 Å². The van der Waals surface area contributed by atoms with Gasteiger partial charge >= 0.3 is 0 Å². The number of pyridine rings is 1. The molecular weight excluding hydrogens is 234 g/mol. The van der Waals surface area contributed by atoms with Gasteiger partial charge in [0.05, 0.1) is 6.04 Å². The molecule has 0 aliphatic carbocycles. The van der Waals surface area contributed by atoms with Crippen molar-refractivity contribution in [2.24, 2.45) is 5.73 Å². The van der Waals surface area contributed by atoms with E-state index >= 15 is 0 Å². The molecule has 1 amide bonds. The summed E-state index contributed by atoms with van der Waals surface area (Å²) in [5, 5.41) is 2.84. The van der Waals surface area contributed by atoms with E-state index in [9.17, 15) is 4.79 Å². The van der Waals surface area contributed by atoms with Crippen LogP contribution in [0.15, 0.2) is 18.5 Å². The van der Waals surface area contributed by atoms with Gasteiger partial charge in [0.25, 0.3) is 0 Å². The minimum atomic E-state index is -0.417. The molecule has 0 unspecified atom stereocenters. The van der Waals surface area contributed by atoms with E-state index in [0.29, 0.717) is 13.0 Å². The Kier molecular flexibility index (Phi) is 6.00. The van der Waals surface area contributed by atoms with Crippen molar-refractivity contribution < 1.29 is 4.79 Å². The molecule has 0 radical (unpaired) electrons. The van der Waals surface area contributed by atoms with Crippen LogP contribution in [0.4, 0.5) is 0 Å². The summed E-state index contributed by atoms with van der Waals surface area (Å²) in [4.78, 5) is 15.7. The lowest BCUT2D eigenvalue weighted by atomic mass is 10.1. The summed E-state index contributed by atoms with van der Waals surface area (Å²) < 4.78 is 0. The van der Waals surface area contributed by atoms with Gasteiger partial charge < -0.3 is 11.1 Å². The number of nitrogens with zero attached hydrogens (tertiary/aromatic N) is 1. The predicted molar refractivity (Wildman–Crippen MR) is 71.8 cm³/mol. The quantitative estimate of drug-likeness (QED) is 0.796. The lowest BCUT2D eigenvalue weighted by Crippen LogP contribution is -2.40. The average molecular weight is 253 g/mol. The van der Waals surface area contributed by atoms with E-state index in [1.807, 2.05) is 19.2 Å². The van der Waals surface area contributed by atoms with Crippen molar-refractivity contribution in [2.45, 2.75) is 25.9 Å². The Morgan fingerprint density at radius 2 is 2.41 bits per heavy atom. The van der Waals surface area contributed by atoms with Crippen molar-refractivity contribution in [3.05, 3.63) is 29.6 Å². The molecule has 1 aromatic heterocycles. The van der Waals surface area contributed by atoms with Crippen molar-refractivity contribution >= 4 is 17.7 Å². The van der Waals surface area contributed by atoms with E-state index in [-0.39, 0.29) is 5.91 Å². The summed E-state index contributed by atoms with van der Waals surface area (Å²) >= 11 is 1.69. The van der Waals surface area contributed by atoms with Gasteiger partial charge in [-0.25, -0.2) is 0 Å². The normalized spacial score (nSPS) is 12.2. The number of hydrogen-bond acceptors (Lipinski definition) is 4. The van der Waals surface area contributed by atoms with Gasteiger partial charge in [0.1, 0.15) is 0 Å². The van der Waals surface area contributed by atoms with Crippen LogP contribution in [-0.2, 0) is 11.3 Å². The number of carbonyl (C=O) groups is 1. The molecule has 94 valence electrons. The van der Waals surface area contributed by atoms with Crippen molar-refractivity contribution in [1.82, 2.24) is 10.3 Å². The average Bonchev–Trinajstić information content (AvgIpc) is 2.34. The molecule has 0 aromatic carbocycles. The van der Waals surface area contributed by atoms with Crippen LogP contribution >= 0.6 is 11.8 Å². The maximum Gasteiger partial charge on any atom is 0.237 e. The standard InChI is InChI=1S/C12H19N3OS/c1-9-3-5-14-7-10(9)8-15-12(16)11(13)4-6-17-2/h3,5,7,11H,4,6,8,13H2,1-2H3,(H,15,16)/t11-/m0/s1. The van der Waals surface area contributed by atoms with Gasteiger partial charge in [-0.1, -0.05) is 0 Å². The minimum absolute atomic E-state index is 0.0951. The zero-order valence-corrected chi connectivity index (χ0v) is 11.1. The molecule has 0 fully saturated rings. The Labute approximate surface area is 106 Å². The van der Waals surface area contributed by atoms with E-state index < -0.39 is 6.04 Å². The van der Waals surface area contributed by atoms with Crippen molar-refractivity contribution in [2.75, 3.05) is 12.0 Å². The molecule has 1 rings (SSSR count). The summed E-state index contributed by atoms with van der Waals surface area (Å²) in [5.74, 6) is 0.808. The first-order chi connectivity index (χ1) is 8.15. The number of rotatable bonds is 6. The molecule has 0 saturated carbocycles. The van der Waals surface area contributed by atoms with Crippen LogP contribution in [0, 0.1) is 6.92 Å². The van der Waals surface area contributed by atoms with E-state index in [2.05, 4.69) is 10.3 Å². The third-order valence-electron chi connectivity index (χ3n) is 2.57. The molecular formula is C12H19N3OS. The molecule has 1 atom stereocenters. The molecule has 0 bridgehead atoms. The SMILES string of the molecule is CSCC[C@H](N)C(=O)NCc1cnccc1C. The summed E-state index contributed by atoms with van der Waals surface area (Å²) in [5.41, 5.74) is 7.91. The molecule has 17 heavy (non-hydrogen) atoms. The Morgan fingerprint density at radius 3 is 3.06 bits per heavy atom. The number of aromatic nitrogens is 1. The molecule has 1 heterocycles. The van der Waals surface area contributed by atoms with Crippen LogP contribution in [0.5, 0.6) is 0 Å². The highest BCUT2D eigenvalue weighted by atomic mass is 32.2. The third-order valence-corrected chi connectivity index (χ3v) is 3.21. The predicted octanol–water partition coefficient (Wildman–Crippen LogP) is 1.09. The lowest BCUT2D eigenvalue weighted by molar-refractivity contribution is -0.122. The molecule has 5 heteroatoms. The van der Waals surface area contributed by atoms with Gasteiger partial charge in [-0.2, -0.15) is 11.8 Å². The minimum Gasteiger partial charge on any atom is -0.351 e. The van der Waals surface area contributed by atoms with Gasteiger partial charge in [0, 0.05) is 18.9 Å². The van der Waals surface area contributed by atoms with Gasteiger partial charge in [-0.3, -0.25) is 9.78 Å². The van der Waals surface area contributed by atoms with Crippen LogP contribution in [0.1, 0.15) is 17.5 Å². The molecule has 0 aliphatic rings. The van der Waals surface area contributed by atoms with Gasteiger partial charge in [-0.05, 0) is 42.5 Å². The van der Waals surface area contributed by atoms with Crippen molar-refractivity contribution in [1.29, 1.82) is 0 Å². The second kappa shape index (κ2) is 7.29. The second-order valence-corrected chi connectivity index (χ2v) is 4.89. The molecule has 0 aliphatic heterocycles. The number of thioether (sulfide) groups is 1. The summed E-state index contributed by atoms with van der Waals surface area (Å²) in [6.45, 7) is 2.49. The number of carbonyl (C=O) groups excluding carboxylic acids is 1. The number of nitrogens with two attached hydrogens (primary N) is 1. The number of amides is 1. The fourth-order valence-corrected chi connectivity index (χ4v) is 1.86. The first kappa shape index (κ1) is 14.0. The highest BCUT2D eigenvalue weighted by molar-refractivity contribution is 7.98. The fraction of sp³-hybridized carbons (Fsp3) is 0.500. The summed E-state index contributed by atoms with van der Waals surface area (Å²) in [7, 11) is 0. The zero-order valence-electron chi connectivity index (χ0n) is 10.3. The van der Waals surface area contributed by atoms with E-state index in [1.165, 1.54) is 0 Å². The maximum absolute atomic E-state index is 11.7. The topological polar surface area (TPSA) is 68.0 Å². The number of nitrogens with one attached hydrogen (secondary N) is 1. The fourth-order valence-electron chi connectivity index (χ4n) is 1.37. The smallest absolute Gasteiger partial charge is 0.237 e. The number of aryl methyl sites for hydroxylation is 1. The monoisotopic (exact) mass is 253 g/mol. The molecule has 4 nitrogen and oxygen atoms in total.